The van der Waals surface area contributed by atoms with Crippen molar-refractivity contribution in [3.8, 4) is 11.3 Å². The van der Waals surface area contributed by atoms with Crippen LogP contribution in [0.5, 0.6) is 0 Å². The van der Waals surface area contributed by atoms with Crippen molar-refractivity contribution in [3.05, 3.63) is 69.1 Å². The van der Waals surface area contributed by atoms with E-state index in [9.17, 15) is 14.9 Å². The molecule has 0 aliphatic carbocycles. The first kappa shape index (κ1) is 18.1. The third-order valence-electron chi connectivity index (χ3n) is 3.86. The molecule has 26 heavy (non-hydrogen) atoms. The van der Waals surface area contributed by atoms with E-state index in [-0.39, 0.29) is 11.3 Å². The molecule has 0 bridgehead atoms. The van der Waals surface area contributed by atoms with Crippen LogP contribution in [0.15, 0.2) is 52.7 Å². The van der Waals surface area contributed by atoms with E-state index < -0.39 is 10.8 Å². The summed E-state index contributed by atoms with van der Waals surface area (Å²) in [5.74, 6) is -0.412. The smallest absolute Gasteiger partial charge is 0.273 e. The minimum atomic E-state index is -0.494. The maximum atomic E-state index is 12.5. The molecular formula is C18H15N3O3S2. The van der Waals surface area contributed by atoms with Crippen LogP contribution < -0.4 is 5.32 Å². The molecule has 0 saturated heterocycles. The first-order valence-corrected chi connectivity index (χ1v) is 9.75. The van der Waals surface area contributed by atoms with Gasteiger partial charge in [-0.3, -0.25) is 20.2 Å². The third kappa shape index (κ3) is 3.76. The fourth-order valence-corrected chi connectivity index (χ4v) is 3.58. The van der Waals surface area contributed by atoms with Crippen LogP contribution in [0.1, 0.15) is 15.9 Å². The lowest BCUT2D eigenvalue weighted by molar-refractivity contribution is -0.385. The topological polar surface area (TPSA) is 85.1 Å². The second-order valence-electron chi connectivity index (χ2n) is 5.43. The van der Waals surface area contributed by atoms with Crippen LogP contribution in [0.3, 0.4) is 0 Å². The van der Waals surface area contributed by atoms with Crippen LogP contribution in [-0.2, 0) is 0 Å². The molecule has 0 atom stereocenters. The lowest BCUT2D eigenvalue weighted by Gasteiger charge is -2.05. The zero-order valence-electron chi connectivity index (χ0n) is 14.1. The number of amides is 1. The SMILES string of the molecule is CSc1ccc(-c2csc(NC(=O)c3cccc([N+](=O)[O-])c3C)n2)cc1. The molecule has 1 aromatic heterocycles. The summed E-state index contributed by atoms with van der Waals surface area (Å²) in [6.07, 6.45) is 2.02. The fourth-order valence-electron chi connectivity index (χ4n) is 2.46. The van der Waals surface area contributed by atoms with Gasteiger partial charge in [0.05, 0.1) is 10.6 Å². The Labute approximate surface area is 158 Å². The fraction of sp³-hybridized carbons (Fsp3) is 0.111. The summed E-state index contributed by atoms with van der Waals surface area (Å²) in [4.78, 5) is 28.6. The molecule has 6 nitrogen and oxygen atoms in total. The van der Waals surface area contributed by atoms with Crippen molar-refractivity contribution in [2.75, 3.05) is 11.6 Å². The summed E-state index contributed by atoms with van der Waals surface area (Å²) < 4.78 is 0. The molecule has 0 radical (unpaired) electrons. The van der Waals surface area contributed by atoms with Gasteiger partial charge in [0.2, 0.25) is 0 Å². The van der Waals surface area contributed by atoms with E-state index in [0.29, 0.717) is 10.7 Å². The van der Waals surface area contributed by atoms with Crippen molar-refractivity contribution < 1.29 is 9.72 Å². The second kappa shape index (κ2) is 7.67. The summed E-state index contributed by atoms with van der Waals surface area (Å²) in [5.41, 5.74) is 2.26. The van der Waals surface area contributed by atoms with Crippen LogP contribution in [0.2, 0.25) is 0 Å². The summed E-state index contributed by atoms with van der Waals surface area (Å²) in [7, 11) is 0. The lowest BCUT2D eigenvalue weighted by Crippen LogP contribution is -2.14. The maximum Gasteiger partial charge on any atom is 0.273 e. The number of thioether (sulfide) groups is 1. The van der Waals surface area contributed by atoms with E-state index in [1.165, 1.54) is 28.4 Å². The number of benzene rings is 2. The standard InChI is InChI=1S/C18H15N3O3S2/c1-11-14(4-3-5-16(11)21(23)24)17(22)20-18-19-15(10-26-18)12-6-8-13(25-2)9-7-12/h3-10H,1-2H3,(H,19,20,22). The summed E-state index contributed by atoms with van der Waals surface area (Å²) in [5, 5.41) is 16.1. The Morgan fingerprint density at radius 2 is 1.96 bits per heavy atom. The molecule has 1 amide bonds. The van der Waals surface area contributed by atoms with E-state index in [1.807, 2.05) is 35.9 Å². The minimum absolute atomic E-state index is 0.0774. The Bertz CT molecular complexity index is 968. The van der Waals surface area contributed by atoms with Crippen molar-refractivity contribution >= 4 is 39.8 Å². The highest BCUT2D eigenvalue weighted by Gasteiger charge is 2.18. The molecule has 2 aromatic carbocycles. The second-order valence-corrected chi connectivity index (χ2v) is 7.17. The Kier molecular flexibility index (Phi) is 5.34. The molecule has 8 heteroatoms. The number of nitrogens with zero attached hydrogens (tertiary/aromatic N) is 2. The predicted octanol–water partition coefficient (Wildman–Crippen LogP) is 5.00. The van der Waals surface area contributed by atoms with E-state index >= 15 is 0 Å². The highest BCUT2D eigenvalue weighted by Crippen LogP contribution is 2.28. The number of hydrogen-bond acceptors (Lipinski definition) is 6. The van der Waals surface area contributed by atoms with Gasteiger partial charge in [-0.05, 0) is 31.4 Å². The molecule has 0 aliphatic rings. The Balaban J connectivity index is 1.80. The first-order chi connectivity index (χ1) is 12.5. The average molecular weight is 385 g/mol. The number of nitro benzene ring substituents is 1. The van der Waals surface area contributed by atoms with Crippen LogP contribution >= 0.6 is 23.1 Å². The number of nitro groups is 1. The van der Waals surface area contributed by atoms with Crippen LogP contribution in [0.4, 0.5) is 10.8 Å². The molecule has 0 fully saturated rings. The van der Waals surface area contributed by atoms with Gasteiger partial charge in [0.1, 0.15) is 0 Å². The van der Waals surface area contributed by atoms with Gasteiger partial charge in [-0.25, -0.2) is 4.98 Å². The quantitative estimate of drug-likeness (QED) is 0.379. The van der Waals surface area contributed by atoms with Crippen molar-refractivity contribution in [1.82, 2.24) is 4.98 Å². The van der Waals surface area contributed by atoms with E-state index in [0.717, 1.165) is 11.3 Å². The molecule has 3 aromatic rings. The number of aromatic nitrogens is 1. The maximum absolute atomic E-state index is 12.5. The molecule has 0 aliphatic heterocycles. The Hall–Kier alpha value is -2.71. The van der Waals surface area contributed by atoms with Gasteiger partial charge < -0.3 is 0 Å². The summed E-state index contributed by atoms with van der Waals surface area (Å²) in [6.45, 7) is 1.56. The monoisotopic (exact) mass is 385 g/mol. The predicted molar refractivity (Wildman–Crippen MR) is 105 cm³/mol. The van der Waals surface area contributed by atoms with Crippen LogP contribution in [-0.4, -0.2) is 22.1 Å². The average Bonchev–Trinajstić information content (AvgIpc) is 3.10. The van der Waals surface area contributed by atoms with Crippen molar-refractivity contribution in [1.29, 1.82) is 0 Å². The lowest BCUT2D eigenvalue weighted by atomic mass is 10.1. The molecule has 1 N–H and O–H groups in total. The van der Waals surface area contributed by atoms with Gasteiger partial charge in [0.15, 0.2) is 5.13 Å². The van der Waals surface area contributed by atoms with Crippen LogP contribution in [0, 0.1) is 17.0 Å². The van der Waals surface area contributed by atoms with Crippen molar-refractivity contribution in [2.45, 2.75) is 11.8 Å². The summed E-state index contributed by atoms with van der Waals surface area (Å²) >= 11 is 2.98. The third-order valence-corrected chi connectivity index (χ3v) is 5.36. The van der Waals surface area contributed by atoms with Gasteiger partial charge >= 0.3 is 0 Å². The molecule has 1 heterocycles. The molecule has 132 valence electrons. The zero-order valence-corrected chi connectivity index (χ0v) is 15.7. The van der Waals surface area contributed by atoms with E-state index in [1.54, 1.807) is 24.8 Å². The number of hydrogen-bond donors (Lipinski definition) is 1. The molecule has 0 saturated carbocycles. The normalized spacial score (nSPS) is 10.5. The Morgan fingerprint density at radius 1 is 1.23 bits per heavy atom. The van der Waals surface area contributed by atoms with Crippen molar-refractivity contribution in [2.24, 2.45) is 0 Å². The molecule has 0 spiro atoms. The number of nitrogens with one attached hydrogen (secondary N) is 1. The largest absolute Gasteiger partial charge is 0.298 e. The number of carbonyl (C=O) groups is 1. The number of thiazole rings is 1. The summed E-state index contributed by atoms with van der Waals surface area (Å²) in [6, 6.07) is 12.4. The zero-order chi connectivity index (χ0) is 18.7. The van der Waals surface area contributed by atoms with Gasteiger partial charge in [0, 0.05) is 33.0 Å². The van der Waals surface area contributed by atoms with Gasteiger partial charge in [-0.1, -0.05) is 18.2 Å². The van der Waals surface area contributed by atoms with Crippen LogP contribution in [0.25, 0.3) is 11.3 Å². The number of rotatable bonds is 5. The number of carbonyl (C=O) groups excluding carboxylic acids is 1. The first-order valence-electron chi connectivity index (χ1n) is 7.65. The minimum Gasteiger partial charge on any atom is -0.298 e. The van der Waals surface area contributed by atoms with Gasteiger partial charge in [-0.2, -0.15) is 0 Å². The van der Waals surface area contributed by atoms with Gasteiger partial charge in [-0.15, -0.1) is 23.1 Å². The highest BCUT2D eigenvalue weighted by atomic mass is 32.2. The van der Waals surface area contributed by atoms with Gasteiger partial charge in [0.25, 0.3) is 11.6 Å². The molecular weight excluding hydrogens is 370 g/mol. The highest BCUT2D eigenvalue weighted by molar-refractivity contribution is 7.98. The molecule has 3 rings (SSSR count). The van der Waals surface area contributed by atoms with Crippen molar-refractivity contribution in [3.63, 3.8) is 0 Å². The van der Waals surface area contributed by atoms with E-state index in [4.69, 9.17) is 0 Å². The molecule has 0 unspecified atom stereocenters. The van der Waals surface area contributed by atoms with E-state index in [2.05, 4.69) is 10.3 Å². The number of anilines is 1. The Morgan fingerprint density at radius 3 is 2.62 bits per heavy atom.